The summed E-state index contributed by atoms with van der Waals surface area (Å²) < 4.78 is 5.85. The Hall–Kier alpha value is -1.79. The van der Waals surface area contributed by atoms with Crippen LogP contribution in [0.1, 0.15) is 12.8 Å². The molecule has 1 aromatic carbocycles. The summed E-state index contributed by atoms with van der Waals surface area (Å²) in [6.45, 7) is 3.81. The smallest absolute Gasteiger partial charge is 0.204 e. The summed E-state index contributed by atoms with van der Waals surface area (Å²) in [6.07, 6.45) is 3.29. The van der Waals surface area contributed by atoms with Crippen LogP contribution in [0.2, 0.25) is 0 Å². The molecule has 2 fully saturated rings. The lowest BCUT2D eigenvalue weighted by atomic mass is 10.2. The van der Waals surface area contributed by atoms with Crippen LogP contribution in [0.3, 0.4) is 0 Å². The van der Waals surface area contributed by atoms with E-state index in [1.807, 2.05) is 30.3 Å². The van der Waals surface area contributed by atoms with Gasteiger partial charge >= 0.3 is 0 Å². The van der Waals surface area contributed by atoms with Crippen LogP contribution in [-0.4, -0.2) is 56.9 Å². The second-order valence-electron chi connectivity index (χ2n) is 5.79. The Morgan fingerprint density at radius 2 is 1.81 bits per heavy atom. The van der Waals surface area contributed by atoms with Gasteiger partial charge in [-0.25, -0.2) is 0 Å². The van der Waals surface area contributed by atoms with Gasteiger partial charge in [-0.2, -0.15) is 4.80 Å². The fourth-order valence-electron chi connectivity index (χ4n) is 3.15. The van der Waals surface area contributed by atoms with Crippen LogP contribution < -0.4 is 0 Å². The van der Waals surface area contributed by atoms with E-state index in [9.17, 15) is 0 Å². The minimum atomic E-state index is 0.437. The number of likely N-dealkylation sites (tertiary alicyclic amines) is 1. The number of hydrogen-bond acceptors (Lipinski definition) is 5. The van der Waals surface area contributed by atoms with Gasteiger partial charge in [0.05, 0.1) is 18.8 Å². The molecule has 4 rings (SSSR count). The second kappa shape index (κ2) is 5.54. The van der Waals surface area contributed by atoms with Crippen molar-refractivity contribution in [3.63, 3.8) is 0 Å². The molecule has 2 bridgehead atoms. The van der Waals surface area contributed by atoms with Crippen molar-refractivity contribution in [3.8, 4) is 11.4 Å². The third-order valence-corrected chi connectivity index (χ3v) is 4.22. The molecule has 0 aliphatic carbocycles. The first-order valence-electron chi connectivity index (χ1n) is 7.58. The first kappa shape index (κ1) is 12.9. The molecule has 1 aromatic heterocycles. The topological polar surface area (TPSA) is 56.1 Å². The lowest BCUT2D eigenvalue weighted by Gasteiger charge is -2.31. The third kappa shape index (κ3) is 2.82. The van der Waals surface area contributed by atoms with Gasteiger partial charge in [0, 0.05) is 25.2 Å². The molecule has 2 aliphatic rings. The molecule has 2 saturated heterocycles. The van der Waals surface area contributed by atoms with Crippen LogP contribution in [0.4, 0.5) is 0 Å². The Labute approximate surface area is 123 Å². The minimum absolute atomic E-state index is 0.437. The molecule has 0 saturated carbocycles. The highest BCUT2D eigenvalue weighted by atomic mass is 16.5. The van der Waals surface area contributed by atoms with Crippen LogP contribution in [0.5, 0.6) is 0 Å². The number of rotatable bonds is 4. The predicted octanol–water partition coefficient (Wildman–Crippen LogP) is 1.20. The van der Waals surface area contributed by atoms with E-state index in [-0.39, 0.29) is 0 Å². The SMILES string of the molecule is c1ccc(-c2nnn(CCN3CC4CCC(C3)O4)n2)cc1. The summed E-state index contributed by atoms with van der Waals surface area (Å²) in [5, 5.41) is 12.7. The summed E-state index contributed by atoms with van der Waals surface area (Å²) in [7, 11) is 0. The van der Waals surface area contributed by atoms with Gasteiger partial charge in [0.2, 0.25) is 5.82 Å². The molecule has 2 aromatic rings. The Morgan fingerprint density at radius 3 is 2.57 bits per heavy atom. The summed E-state index contributed by atoms with van der Waals surface area (Å²) >= 11 is 0. The standard InChI is InChI=1S/C15H19N5O/c1-2-4-12(5-3-1)15-16-18-20(17-15)9-8-19-10-13-6-7-14(11-19)21-13/h1-5,13-14H,6-11H2. The molecule has 0 radical (unpaired) electrons. The lowest BCUT2D eigenvalue weighted by Crippen LogP contribution is -2.43. The van der Waals surface area contributed by atoms with Crippen molar-refractivity contribution >= 4 is 0 Å². The predicted molar refractivity (Wildman–Crippen MR) is 77.6 cm³/mol. The number of fused-ring (bicyclic) bond motifs is 2. The maximum atomic E-state index is 5.85. The fraction of sp³-hybridized carbons (Fsp3) is 0.533. The van der Waals surface area contributed by atoms with E-state index in [0.717, 1.165) is 31.7 Å². The molecule has 110 valence electrons. The number of nitrogens with zero attached hydrogens (tertiary/aromatic N) is 5. The Bertz CT molecular complexity index is 587. The van der Waals surface area contributed by atoms with Crippen LogP contribution in [0.15, 0.2) is 30.3 Å². The van der Waals surface area contributed by atoms with E-state index in [4.69, 9.17) is 4.74 Å². The van der Waals surface area contributed by atoms with Gasteiger partial charge in [-0.05, 0) is 18.1 Å². The molecule has 21 heavy (non-hydrogen) atoms. The van der Waals surface area contributed by atoms with Gasteiger partial charge in [0.1, 0.15) is 0 Å². The highest BCUT2D eigenvalue weighted by Gasteiger charge is 2.33. The first-order chi connectivity index (χ1) is 10.4. The molecule has 6 heteroatoms. The summed E-state index contributed by atoms with van der Waals surface area (Å²) in [5.41, 5.74) is 1.01. The zero-order valence-electron chi connectivity index (χ0n) is 11.9. The molecule has 6 nitrogen and oxygen atoms in total. The van der Waals surface area contributed by atoms with E-state index < -0.39 is 0 Å². The number of benzene rings is 1. The molecule has 2 unspecified atom stereocenters. The zero-order chi connectivity index (χ0) is 14.1. The van der Waals surface area contributed by atoms with E-state index >= 15 is 0 Å². The van der Waals surface area contributed by atoms with Gasteiger partial charge in [-0.15, -0.1) is 10.2 Å². The Balaban J connectivity index is 1.36. The van der Waals surface area contributed by atoms with Crippen molar-refractivity contribution in [2.75, 3.05) is 19.6 Å². The van der Waals surface area contributed by atoms with Gasteiger partial charge in [-0.1, -0.05) is 30.3 Å². The molecule has 3 heterocycles. The summed E-state index contributed by atoms with van der Waals surface area (Å²) in [6, 6.07) is 9.96. The maximum absolute atomic E-state index is 5.85. The number of aromatic nitrogens is 4. The largest absolute Gasteiger partial charge is 0.372 e. The Kier molecular flexibility index (Phi) is 3.40. The van der Waals surface area contributed by atoms with Gasteiger partial charge < -0.3 is 4.74 Å². The molecule has 2 atom stereocenters. The van der Waals surface area contributed by atoms with Gasteiger partial charge in [0.25, 0.3) is 0 Å². The lowest BCUT2D eigenvalue weighted by molar-refractivity contribution is -0.0395. The molecule has 0 spiro atoms. The molecule has 0 amide bonds. The van der Waals surface area contributed by atoms with Crippen molar-refractivity contribution < 1.29 is 4.74 Å². The number of hydrogen-bond donors (Lipinski definition) is 0. The maximum Gasteiger partial charge on any atom is 0.204 e. The van der Waals surface area contributed by atoms with E-state index in [0.29, 0.717) is 18.0 Å². The zero-order valence-corrected chi connectivity index (χ0v) is 11.9. The average molecular weight is 285 g/mol. The van der Waals surface area contributed by atoms with Crippen molar-refractivity contribution in [3.05, 3.63) is 30.3 Å². The molecule has 2 aliphatic heterocycles. The molecular weight excluding hydrogens is 266 g/mol. The third-order valence-electron chi connectivity index (χ3n) is 4.22. The van der Waals surface area contributed by atoms with Crippen LogP contribution in [-0.2, 0) is 11.3 Å². The van der Waals surface area contributed by atoms with Gasteiger partial charge in [-0.3, -0.25) is 4.90 Å². The summed E-state index contributed by atoms with van der Waals surface area (Å²) in [5.74, 6) is 0.692. The second-order valence-corrected chi connectivity index (χ2v) is 5.79. The fourth-order valence-corrected chi connectivity index (χ4v) is 3.15. The number of morpholine rings is 1. The van der Waals surface area contributed by atoms with Crippen LogP contribution >= 0.6 is 0 Å². The number of tetrazole rings is 1. The molecule has 0 N–H and O–H groups in total. The van der Waals surface area contributed by atoms with Crippen molar-refractivity contribution in [1.82, 2.24) is 25.1 Å². The van der Waals surface area contributed by atoms with Crippen molar-refractivity contribution in [1.29, 1.82) is 0 Å². The Morgan fingerprint density at radius 1 is 1.05 bits per heavy atom. The van der Waals surface area contributed by atoms with Crippen LogP contribution in [0.25, 0.3) is 11.4 Å². The number of ether oxygens (including phenoxy) is 1. The van der Waals surface area contributed by atoms with Crippen molar-refractivity contribution in [2.24, 2.45) is 0 Å². The molecular formula is C15H19N5O. The van der Waals surface area contributed by atoms with E-state index in [1.165, 1.54) is 12.8 Å². The average Bonchev–Trinajstić information content (AvgIpc) is 3.13. The van der Waals surface area contributed by atoms with Crippen molar-refractivity contribution in [2.45, 2.75) is 31.6 Å². The quantitative estimate of drug-likeness (QED) is 0.845. The van der Waals surface area contributed by atoms with Crippen LogP contribution in [0, 0.1) is 0 Å². The van der Waals surface area contributed by atoms with E-state index in [2.05, 4.69) is 20.3 Å². The first-order valence-corrected chi connectivity index (χ1v) is 7.58. The normalized spacial score (nSPS) is 25.3. The van der Waals surface area contributed by atoms with Gasteiger partial charge in [0.15, 0.2) is 0 Å². The summed E-state index contributed by atoms with van der Waals surface area (Å²) in [4.78, 5) is 4.15. The van der Waals surface area contributed by atoms with E-state index in [1.54, 1.807) is 4.80 Å². The highest BCUT2D eigenvalue weighted by Crippen LogP contribution is 2.25. The minimum Gasteiger partial charge on any atom is -0.372 e. The highest BCUT2D eigenvalue weighted by molar-refractivity contribution is 5.52. The monoisotopic (exact) mass is 285 g/mol.